The molecule has 1 N–H and O–H groups in total. The van der Waals surface area contributed by atoms with E-state index in [4.69, 9.17) is 0 Å². The highest BCUT2D eigenvalue weighted by Gasteiger charge is 2.35. The Morgan fingerprint density at radius 3 is 2.76 bits per heavy atom. The van der Waals surface area contributed by atoms with Gasteiger partial charge in [-0.15, -0.1) is 0 Å². The summed E-state index contributed by atoms with van der Waals surface area (Å²) in [6.07, 6.45) is -4.52. The van der Waals surface area contributed by atoms with Crippen molar-refractivity contribution in [3.8, 4) is 11.4 Å². The SMILES string of the molecule is O=c1[nH]c(-c2ccc(Br)cc2C(F)(F)F)nc2c1CSC2. The number of alkyl halides is 3. The largest absolute Gasteiger partial charge is 0.417 e. The van der Waals surface area contributed by atoms with E-state index >= 15 is 0 Å². The predicted octanol–water partition coefficient (Wildman–Crippen LogP) is 3.97. The van der Waals surface area contributed by atoms with Crippen molar-refractivity contribution in [2.75, 3.05) is 0 Å². The Labute approximate surface area is 130 Å². The number of rotatable bonds is 1. The van der Waals surface area contributed by atoms with Gasteiger partial charge < -0.3 is 4.98 Å². The van der Waals surface area contributed by atoms with Gasteiger partial charge >= 0.3 is 6.18 Å². The zero-order chi connectivity index (χ0) is 15.2. The fourth-order valence-electron chi connectivity index (χ4n) is 2.15. The van der Waals surface area contributed by atoms with Gasteiger partial charge in [-0.1, -0.05) is 15.9 Å². The summed E-state index contributed by atoms with van der Waals surface area (Å²) in [6.45, 7) is 0. The lowest BCUT2D eigenvalue weighted by molar-refractivity contribution is -0.137. The van der Waals surface area contributed by atoms with Crippen LogP contribution in [-0.2, 0) is 17.7 Å². The molecule has 0 atom stereocenters. The van der Waals surface area contributed by atoms with Crippen LogP contribution >= 0.6 is 27.7 Å². The normalized spacial score (nSPS) is 14.3. The van der Waals surface area contributed by atoms with E-state index in [1.54, 1.807) is 0 Å². The Hall–Kier alpha value is -1.28. The molecule has 1 aromatic carbocycles. The lowest BCUT2D eigenvalue weighted by Gasteiger charge is -2.13. The molecule has 0 fully saturated rings. The molecule has 0 saturated heterocycles. The second-order valence-corrected chi connectivity index (χ2v) is 6.42. The highest BCUT2D eigenvalue weighted by Crippen LogP contribution is 2.38. The number of H-pyrrole nitrogens is 1. The third kappa shape index (κ3) is 2.74. The van der Waals surface area contributed by atoms with Crippen LogP contribution in [0.3, 0.4) is 0 Å². The Bertz CT molecular complexity index is 773. The number of benzene rings is 1. The molecule has 0 unspecified atom stereocenters. The van der Waals surface area contributed by atoms with Crippen molar-refractivity contribution in [3.05, 3.63) is 49.8 Å². The maximum Gasteiger partial charge on any atom is 0.417 e. The minimum Gasteiger partial charge on any atom is -0.306 e. The topological polar surface area (TPSA) is 45.8 Å². The quantitative estimate of drug-likeness (QED) is 0.818. The molecule has 3 nitrogen and oxygen atoms in total. The van der Waals surface area contributed by atoms with E-state index < -0.39 is 11.7 Å². The van der Waals surface area contributed by atoms with Gasteiger partial charge in [-0.3, -0.25) is 4.79 Å². The van der Waals surface area contributed by atoms with Crippen LogP contribution in [0.15, 0.2) is 27.5 Å². The molecule has 110 valence electrons. The summed E-state index contributed by atoms with van der Waals surface area (Å²) in [5, 5.41) is 0. The summed E-state index contributed by atoms with van der Waals surface area (Å²) in [5.74, 6) is 1.05. The van der Waals surface area contributed by atoms with Gasteiger partial charge in [0.15, 0.2) is 0 Å². The first-order chi connectivity index (χ1) is 9.86. The predicted molar refractivity (Wildman–Crippen MR) is 78.0 cm³/mol. The molecule has 1 aliphatic rings. The Balaban J connectivity index is 2.22. The first kappa shape index (κ1) is 14.6. The summed E-state index contributed by atoms with van der Waals surface area (Å²) < 4.78 is 39.7. The number of fused-ring (bicyclic) bond motifs is 1. The van der Waals surface area contributed by atoms with Gasteiger partial charge in [0.2, 0.25) is 0 Å². The van der Waals surface area contributed by atoms with Crippen LogP contribution < -0.4 is 5.56 Å². The van der Waals surface area contributed by atoms with Gasteiger partial charge in [0.05, 0.1) is 11.3 Å². The zero-order valence-electron chi connectivity index (χ0n) is 10.4. The molecule has 0 radical (unpaired) electrons. The van der Waals surface area contributed by atoms with Gasteiger partial charge in [0, 0.05) is 27.1 Å². The highest BCUT2D eigenvalue weighted by molar-refractivity contribution is 9.10. The Morgan fingerprint density at radius 1 is 1.29 bits per heavy atom. The molecule has 0 saturated carbocycles. The van der Waals surface area contributed by atoms with Crippen LogP contribution in [0.5, 0.6) is 0 Å². The van der Waals surface area contributed by atoms with Crippen LogP contribution in [0.1, 0.15) is 16.8 Å². The summed E-state index contributed by atoms with van der Waals surface area (Å²) in [4.78, 5) is 18.6. The Kier molecular flexibility index (Phi) is 3.61. The lowest BCUT2D eigenvalue weighted by atomic mass is 10.1. The number of aromatic amines is 1. The third-order valence-corrected chi connectivity index (χ3v) is 4.59. The fraction of sp³-hybridized carbons (Fsp3) is 0.231. The molecule has 1 aliphatic heterocycles. The van der Waals surface area contributed by atoms with E-state index in [1.807, 2.05) is 0 Å². The molecular formula is C13H8BrF3N2OS. The van der Waals surface area contributed by atoms with Gasteiger partial charge in [-0.05, 0) is 18.2 Å². The molecule has 2 aromatic rings. The Morgan fingerprint density at radius 2 is 2.05 bits per heavy atom. The van der Waals surface area contributed by atoms with Crippen molar-refractivity contribution in [3.63, 3.8) is 0 Å². The monoisotopic (exact) mass is 376 g/mol. The number of thioether (sulfide) groups is 1. The molecular weight excluding hydrogens is 369 g/mol. The molecule has 0 bridgehead atoms. The molecule has 0 aliphatic carbocycles. The van der Waals surface area contributed by atoms with E-state index in [1.165, 1.54) is 23.9 Å². The maximum absolute atomic E-state index is 13.1. The molecule has 1 aromatic heterocycles. The van der Waals surface area contributed by atoms with Crippen molar-refractivity contribution >= 4 is 27.7 Å². The lowest BCUT2D eigenvalue weighted by Crippen LogP contribution is -2.17. The van der Waals surface area contributed by atoms with Crippen molar-refractivity contribution < 1.29 is 13.2 Å². The fourth-order valence-corrected chi connectivity index (χ4v) is 3.54. The van der Waals surface area contributed by atoms with E-state index in [-0.39, 0.29) is 16.9 Å². The van der Waals surface area contributed by atoms with Crippen LogP contribution in [0.2, 0.25) is 0 Å². The molecule has 8 heteroatoms. The van der Waals surface area contributed by atoms with Gasteiger partial charge in [-0.25, -0.2) is 4.98 Å². The number of halogens is 4. The third-order valence-electron chi connectivity index (χ3n) is 3.13. The summed E-state index contributed by atoms with van der Waals surface area (Å²) in [6, 6.07) is 3.78. The average molecular weight is 377 g/mol. The van der Waals surface area contributed by atoms with Crippen LogP contribution in [0, 0.1) is 0 Å². The van der Waals surface area contributed by atoms with Gasteiger partial charge in [0.1, 0.15) is 5.82 Å². The maximum atomic E-state index is 13.1. The second-order valence-electron chi connectivity index (χ2n) is 4.52. The summed E-state index contributed by atoms with van der Waals surface area (Å²) >= 11 is 4.55. The van der Waals surface area contributed by atoms with E-state index in [0.717, 1.165) is 6.07 Å². The molecule has 3 rings (SSSR count). The number of nitrogens with one attached hydrogen (secondary N) is 1. The van der Waals surface area contributed by atoms with Crippen LogP contribution in [0.25, 0.3) is 11.4 Å². The average Bonchev–Trinajstić information content (AvgIpc) is 2.86. The van der Waals surface area contributed by atoms with E-state index in [9.17, 15) is 18.0 Å². The summed E-state index contributed by atoms with van der Waals surface area (Å²) in [5.41, 5.74) is -0.201. The van der Waals surface area contributed by atoms with Crippen molar-refractivity contribution in [2.24, 2.45) is 0 Å². The zero-order valence-corrected chi connectivity index (χ0v) is 12.8. The highest BCUT2D eigenvalue weighted by atomic mass is 79.9. The first-order valence-electron chi connectivity index (χ1n) is 5.93. The first-order valence-corrected chi connectivity index (χ1v) is 7.88. The molecule has 21 heavy (non-hydrogen) atoms. The number of aromatic nitrogens is 2. The molecule has 0 amide bonds. The van der Waals surface area contributed by atoms with Gasteiger partial charge in [0.25, 0.3) is 5.56 Å². The number of hydrogen-bond acceptors (Lipinski definition) is 3. The van der Waals surface area contributed by atoms with Crippen molar-refractivity contribution in [1.29, 1.82) is 0 Å². The second kappa shape index (κ2) is 5.17. The molecule has 2 heterocycles. The van der Waals surface area contributed by atoms with Crippen LogP contribution in [-0.4, -0.2) is 9.97 Å². The number of hydrogen-bond donors (Lipinski definition) is 1. The van der Waals surface area contributed by atoms with E-state index in [2.05, 4.69) is 25.9 Å². The van der Waals surface area contributed by atoms with E-state index in [0.29, 0.717) is 27.2 Å². The number of nitrogens with zero attached hydrogens (tertiary/aromatic N) is 1. The molecule has 0 spiro atoms. The summed E-state index contributed by atoms with van der Waals surface area (Å²) in [7, 11) is 0. The minimum absolute atomic E-state index is 0.0407. The standard InChI is InChI=1S/C13H8BrF3N2OS/c14-6-1-2-7(9(3-6)13(15,16)17)11-18-10-5-21-4-8(10)12(20)19-11/h1-3H,4-5H2,(H,18,19,20). The van der Waals surface area contributed by atoms with Gasteiger partial charge in [-0.2, -0.15) is 24.9 Å². The van der Waals surface area contributed by atoms with Crippen molar-refractivity contribution in [1.82, 2.24) is 9.97 Å². The minimum atomic E-state index is -4.52. The van der Waals surface area contributed by atoms with Crippen LogP contribution in [0.4, 0.5) is 13.2 Å². The van der Waals surface area contributed by atoms with Crippen molar-refractivity contribution in [2.45, 2.75) is 17.7 Å². The smallest absolute Gasteiger partial charge is 0.306 e.